The van der Waals surface area contributed by atoms with Crippen LogP contribution in [0.25, 0.3) is 0 Å². The highest BCUT2D eigenvalue weighted by atomic mass is 32.2. The first kappa shape index (κ1) is 19.0. The summed E-state index contributed by atoms with van der Waals surface area (Å²) in [5, 5.41) is 4.51. The van der Waals surface area contributed by atoms with Gasteiger partial charge in [0.1, 0.15) is 5.82 Å². The fraction of sp³-hybridized carbons (Fsp3) is 0.444. The van der Waals surface area contributed by atoms with Gasteiger partial charge in [0.05, 0.1) is 18.9 Å². The Hall–Kier alpha value is -2.30. The molecule has 0 spiro atoms. The van der Waals surface area contributed by atoms with Crippen LogP contribution < -0.4 is 0 Å². The van der Waals surface area contributed by atoms with Crippen LogP contribution in [0.2, 0.25) is 0 Å². The number of amides is 1. The van der Waals surface area contributed by atoms with Gasteiger partial charge >= 0.3 is 0 Å². The standard InChI is InChI=1S/C18H21FN4O4S/c1-21-18(15-12-27-11-6-16(15)20-21)28(25,26)23-9-7-22(8-10-23)17(24)13-2-4-14(19)5-3-13/h2-5H,6-12H2,1H3. The van der Waals surface area contributed by atoms with Crippen LogP contribution >= 0.6 is 0 Å². The van der Waals surface area contributed by atoms with Crippen LogP contribution in [0, 0.1) is 5.82 Å². The quantitative estimate of drug-likeness (QED) is 0.749. The van der Waals surface area contributed by atoms with Crippen molar-refractivity contribution in [3.05, 3.63) is 46.9 Å². The minimum absolute atomic E-state index is 0.167. The highest BCUT2D eigenvalue weighted by Gasteiger charge is 2.36. The molecule has 0 unspecified atom stereocenters. The summed E-state index contributed by atoms with van der Waals surface area (Å²) in [4.78, 5) is 14.1. The van der Waals surface area contributed by atoms with Crippen molar-refractivity contribution in [3.8, 4) is 0 Å². The number of sulfonamides is 1. The molecule has 0 N–H and O–H groups in total. The molecule has 0 saturated carbocycles. The number of aromatic nitrogens is 2. The van der Waals surface area contributed by atoms with Crippen LogP contribution in [0.5, 0.6) is 0 Å². The predicted octanol–water partition coefficient (Wildman–Crippen LogP) is 0.779. The second kappa shape index (κ2) is 7.26. The molecule has 3 heterocycles. The van der Waals surface area contributed by atoms with Crippen LogP contribution in [0.4, 0.5) is 4.39 Å². The number of hydrogen-bond donors (Lipinski definition) is 0. The molecular formula is C18H21FN4O4S. The molecule has 0 atom stereocenters. The zero-order chi connectivity index (χ0) is 19.9. The summed E-state index contributed by atoms with van der Waals surface area (Å²) in [5.74, 6) is -0.640. The molecule has 2 aliphatic rings. The Bertz CT molecular complexity index is 995. The minimum Gasteiger partial charge on any atom is -0.376 e. The lowest BCUT2D eigenvalue weighted by molar-refractivity contribution is 0.0697. The SMILES string of the molecule is Cn1nc2c(c1S(=O)(=O)N1CCN(C(=O)c3ccc(F)cc3)CC1)COCC2. The van der Waals surface area contributed by atoms with Crippen molar-refractivity contribution in [2.75, 3.05) is 32.8 Å². The lowest BCUT2D eigenvalue weighted by Gasteiger charge is -2.34. The first-order valence-electron chi connectivity index (χ1n) is 9.05. The number of hydrogen-bond acceptors (Lipinski definition) is 5. The topological polar surface area (TPSA) is 84.7 Å². The summed E-state index contributed by atoms with van der Waals surface area (Å²) in [7, 11) is -2.12. The summed E-state index contributed by atoms with van der Waals surface area (Å²) < 4.78 is 47.6. The Morgan fingerprint density at radius 1 is 1.14 bits per heavy atom. The molecule has 1 fully saturated rings. The maximum atomic E-state index is 13.2. The van der Waals surface area contributed by atoms with Crippen LogP contribution in [0.1, 0.15) is 21.6 Å². The molecule has 1 saturated heterocycles. The summed E-state index contributed by atoms with van der Waals surface area (Å²) in [6.07, 6.45) is 0.596. The molecule has 4 rings (SSSR count). The van der Waals surface area contributed by atoms with Gasteiger partial charge in [0.25, 0.3) is 15.9 Å². The van der Waals surface area contributed by atoms with Crippen molar-refractivity contribution in [2.45, 2.75) is 18.1 Å². The number of ether oxygens (including phenoxy) is 1. The normalized spacial score (nSPS) is 18.1. The number of halogens is 1. The first-order valence-corrected chi connectivity index (χ1v) is 10.5. The van der Waals surface area contributed by atoms with Crippen LogP contribution in [0.15, 0.2) is 29.3 Å². The maximum absolute atomic E-state index is 13.2. The second-order valence-electron chi connectivity index (χ2n) is 6.86. The summed E-state index contributed by atoms with van der Waals surface area (Å²) in [5.41, 5.74) is 1.77. The molecule has 2 aliphatic heterocycles. The molecule has 10 heteroatoms. The second-order valence-corrected chi connectivity index (χ2v) is 8.71. The van der Waals surface area contributed by atoms with Gasteiger partial charge in [0.15, 0.2) is 5.03 Å². The van der Waals surface area contributed by atoms with E-state index < -0.39 is 15.8 Å². The minimum atomic E-state index is -3.74. The van der Waals surface area contributed by atoms with Gasteiger partial charge in [-0.2, -0.15) is 9.40 Å². The number of carbonyl (C=O) groups is 1. The summed E-state index contributed by atoms with van der Waals surface area (Å²) >= 11 is 0. The number of piperazine rings is 1. The van der Waals surface area contributed by atoms with E-state index >= 15 is 0 Å². The number of nitrogens with zero attached hydrogens (tertiary/aromatic N) is 4. The summed E-state index contributed by atoms with van der Waals surface area (Å²) in [6.45, 7) is 1.69. The van der Waals surface area contributed by atoms with Crippen molar-refractivity contribution in [1.82, 2.24) is 19.0 Å². The van der Waals surface area contributed by atoms with Gasteiger partial charge in [0.2, 0.25) is 0 Å². The molecular weight excluding hydrogens is 387 g/mol. The van der Waals surface area contributed by atoms with E-state index in [0.717, 1.165) is 5.69 Å². The predicted molar refractivity (Wildman–Crippen MR) is 97.6 cm³/mol. The molecule has 1 aromatic carbocycles. The zero-order valence-electron chi connectivity index (χ0n) is 15.5. The number of benzene rings is 1. The van der Waals surface area contributed by atoms with Crippen LogP contribution in [-0.4, -0.2) is 66.1 Å². The van der Waals surface area contributed by atoms with E-state index in [1.165, 1.54) is 33.3 Å². The fourth-order valence-corrected chi connectivity index (χ4v) is 5.40. The Labute approximate surface area is 162 Å². The van der Waals surface area contributed by atoms with Gasteiger partial charge in [-0.25, -0.2) is 12.8 Å². The average molecular weight is 408 g/mol. The average Bonchev–Trinajstić information content (AvgIpc) is 3.04. The summed E-state index contributed by atoms with van der Waals surface area (Å²) in [6, 6.07) is 5.34. The van der Waals surface area contributed by atoms with E-state index in [2.05, 4.69) is 5.10 Å². The highest BCUT2D eigenvalue weighted by molar-refractivity contribution is 7.89. The van der Waals surface area contributed by atoms with E-state index in [4.69, 9.17) is 4.74 Å². The third-order valence-corrected chi connectivity index (χ3v) is 7.15. The van der Waals surface area contributed by atoms with Crippen LogP contribution in [-0.2, 0) is 34.8 Å². The number of carbonyl (C=O) groups excluding carboxylic acids is 1. The lowest BCUT2D eigenvalue weighted by atomic mass is 10.2. The van der Waals surface area contributed by atoms with E-state index in [1.54, 1.807) is 11.9 Å². The monoisotopic (exact) mass is 408 g/mol. The first-order chi connectivity index (χ1) is 13.4. The van der Waals surface area contributed by atoms with Gasteiger partial charge in [-0.05, 0) is 24.3 Å². The number of fused-ring (bicyclic) bond motifs is 1. The van der Waals surface area contributed by atoms with E-state index in [-0.39, 0.29) is 43.7 Å². The molecule has 1 aromatic heterocycles. The lowest BCUT2D eigenvalue weighted by Crippen LogP contribution is -2.50. The van der Waals surface area contributed by atoms with Gasteiger partial charge in [-0.15, -0.1) is 0 Å². The van der Waals surface area contributed by atoms with Gasteiger partial charge < -0.3 is 9.64 Å². The Morgan fingerprint density at radius 3 is 2.50 bits per heavy atom. The molecule has 28 heavy (non-hydrogen) atoms. The molecule has 8 nitrogen and oxygen atoms in total. The third-order valence-electron chi connectivity index (χ3n) is 5.10. The Morgan fingerprint density at radius 2 is 1.82 bits per heavy atom. The Balaban J connectivity index is 1.50. The van der Waals surface area contributed by atoms with Crippen molar-refractivity contribution < 1.29 is 22.3 Å². The maximum Gasteiger partial charge on any atom is 0.260 e. The molecule has 0 radical (unpaired) electrons. The molecule has 1 amide bonds. The number of rotatable bonds is 3. The van der Waals surface area contributed by atoms with E-state index in [1.807, 2.05) is 0 Å². The molecule has 150 valence electrons. The van der Waals surface area contributed by atoms with Crippen molar-refractivity contribution >= 4 is 15.9 Å². The fourth-order valence-electron chi connectivity index (χ4n) is 3.65. The van der Waals surface area contributed by atoms with E-state index in [0.29, 0.717) is 24.2 Å². The Kier molecular flexibility index (Phi) is 4.94. The van der Waals surface area contributed by atoms with Gasteiger partial charge in [-0.1, -0.05) is 0 Å². The van der Waals surface area contributed by atoms with Gasteiger partial charge in [-0.3, -0.25) is 9.48 Å². The van der Waals surface area contributed by atoms with Crippen molar-refractivity contribution in [2.24, 2.45) is 7.05 Å². The van der Waals surface area contributed by atoms with Gasteiger partial charge in [0, 0.05) is 50.8 Å². The molecule has 0 aliphatic carbocycles. The van der Waals surface area contributed by atoms with E-state index in [9.17, 15) is 17.6 Å². The highest BCUT2D eigenvalue weighted by Crippen LogP contribution is 2.27. The zero-order valence-corrected chi connectivity index (χ0v) is 16.3. The molecule has 0 bridgehead atoms. The molecule has 2 aromatic rings. The smallest absolute Gasteiger partial charge is 0.260 e. The number of aryl methyl sites for hydroxylation is 1. The largest absolute Gasteiger partial charge is 0.376 e. The van der Waals surface area contributed by atoms with Crippen molar-refractivity contribution in [3.63, 3.8) is 0 Å². The van der Waals surface area contributed by atoms with Crippen molar-refractivity contribution in [1.29, 1.82) is 0 Å². The van der Waals surface area contributed by atoms with Crippen LogP contribution in [0.3, 0.4) is 0 Å². The third kappa shape index (κ3) is 3.31.